The molecule has 1 heterocycles. The summed E-state index contributed by atoms with van der Waals surface area (Å²) in [5.74, 6) is -0.831. The van der Waals surface area contributed by atoms with Gasteiger partial charge in [0.05, 0.1) is 12.1 Å². The second-order valence-corrected chi connectivity index (χ2v) is 4.38. The molecule has 2 aromatic rings. The smallest absolute Gasteiger partial charge is 0.307 e. The Labute approximate surface area is 106 Å². The topological polar surface area (TPSA) is 50.2 Å². The number of rotatable bonds is 3. The first-order valence-electron chi connectivity index (χ1n) is 5.81. The predicted molar refractivity (Wildman–Crippen MR) is 70.5 cm³/mol. The van der Waals surface area contributed by atoms with Gasteiger partial charge in [-0.05, 0) is 25.5 Å². The molecule has 0 atom stereocenters. The van der Waals surface area contributed by atoms with E-state index in [2.05, 4.69) is 4.98 Å². The van der Waals surface area contributed by atoms with E-state index in [0.29, 0.717) is 0 Å². The minimum atomic E-state index is -0.831. The van der Waals surface area contributed by atoms with Crippen LogP contribution >= 0.6 is 0 Å². The van der Waals surface area contributed by atoms with E-state index in [1.807, 2.05) is 50.2 Å². The van der Waals surface area contributed by atoms with Gasteiger partial charge in [-0.25, -0.2) is 0 Å². The highest BCUT2D eigenvalue weighted by Gasteiger charge is 2.07. The third-order valence-corrected chi connectivity index (χ3v) is 2.88. The van der Waals surface area contributed by atoms with Crippen molar-refractivity contribution < 1.29 is 9.90 Å². The molecule has 0 aliphatic rings. The fourth-order valence-corrected chi connectivity index (χ4v) is 1.82. The van der Waals surface area contributed by atoms with Gasteiger partial charge in [-0.1, -0.05) is 35.9 Å². The Hall–Kier alpha value is -2.16. The maximum absolute atomic E-state index is 10.7. The van der Waals surface area contributed by atoms with Crippen LogP contribution in [0.5, 0.6) is 0 Å². The van der Waals surface area contributed by atoms with Crippen LogP contribution in [-0.4, -0.2) is 16.1 Å². The van der Waals surface area contributed by atoms with E-state index < -0.39 is 5.97 Å². The van der Waals surface area contributed by atoms with Crippen LogP contribution in [-0.2, 0) is 11.2 Å². The Morgan fingerprint density at radius 2 is 1.78 bits per heavy atom. The van der Waals surface area contributed by atoms with Crippen molar-refractivity contribution >= 4 is 5.97 Å². The minimum absolute atomic E-state index is 0.0208. The van der Waals surface area contributed by atoms with Gasteiger partial charge in [0.25, 0.3) is 0 Å². The summed E-state index contributed by atoms with van der Waals surface area (Å²) < 4.78 is 0. The van der Waals surface area contributed by atoms with Crippen molar-refractivity contribution in [3.8, 4) is 11.3 Å². The number of aryl methyl sites for hydroxylation is 2. The van der Waals surface area contributed by atoms with Gasteiger partial charge in [0.15, 0.2) is 0 Å². The van der Waals surface area contributed by atoms with Crippen LogP contribution < -0.4 is 0 Å². The second-order valence-electron chi connectivity index (χ2n) is 4.38. The van der Waals surface area contributed by atoms with Crippen LogP contribution in [0, 0.1) is 13.8 Å². The fourth-order valence-electron chi connectivity index (χ4n) is 1.82. The number of carboxylic acid groups (broad SMARTS) is 1. The number of pyridine rings is 1. The SMILES string of the molecule is Cc1ccc(-c2ccc(CC(=O)O)c(C)n2)cc1. The zero-order valence-corrected chi connectivity index (χ0v) is 10.5. The lowest BCUT2D eigenvalue weighted by molar-refractivity contribution is -0.136. The zero-order valence-electron chi connectivity index (χ0n) is 10.5. The molecule has 2 rings (SSSR count). The average molecular weight is 241 g/mol. The lowest BCUT2D eigenvalue weighted by Crippen LogP contribution is -2.03. The van der Waals surface area contributed by atoms with E-state index in [1.54, 1.807) is 0 Å². The van der Waals surface area contributed by atoms with Crippen molar-refractivity contribution in [2.75, 3.05) is 0 Å². The van der Waals surface area contributed by atoms with Gasteiger partial charge in [-0.3, -0.25) is 9.78 Å². The third kappa shape index (κ3) is 2.74. The molecule has 0 unspecified atom stereocenters. The molecular formula is C15H15NO2. The summed E-state index contributed by atoms with van der Waals surface area (Å²) >= 11 is 0. The fraction of sp³-hybridized carbons (Fsp3) is 0.200. The van der Waals surface area contributed by atoms with Gasteiger partial charge in [0, 0.05) is 11.3 Å². The summed E-state index contributed by atoms with van der Waals surface area (Å²) in [4.78, 5) is 15.1. The quantitative estimate of drug-likeness (QED) is 0.898. The Bertz CT molecular complexity index is 574. The number of hydrogen-bond donors (Lipinski definition) is 1. The number of carbonyl (C=O) groups is 1. The number of aliphatic carboxylic acids is 1. The van der Waals surface area contributed by atoms with E-state index in [0.717, 1.165) is 22.5 Å². The Kier molecular flexibility index (Phi) is 3.42. The van der Waals surface area contributed by atoms with Crippen LogP contribution in [0.2, 0.25) is 0 Å². The van der Waals surface area contributed by atoms with Crippen molar-refractivity contribution in [1.29, 1.82) is 0 Å². The van der Waals surface area contributed by atoms with Crippen LogP contribution in [0.3, 0.4) is 0 Å². The molecule has 92 valence electrons. The van der Waals surface area contributed by atoms with Crippen molar-refractivity contribution in [2.24, 2.45) is 0 Å². The molecule has 1 aromatic heterocycles. The highest BCUT2D eigenvalue weighted by atomic mass is 16.4. The summed E-state index contributed by atoms with van der Waals surface area (Å²) in [7, 11) is 0. The maximum atomic E-state index is 10.7. The number of hydrogen-bond acceptors (Lipinski definition) is 2. The van der Waals surface area contributed by atoms with E-state index in [-0.39, 0.29) is 6.42 Å². The van der Waals surface area contributed by atoms with Crippen LogP contribution in [0.15, 0.2) is 36.4 Å². The molecule has 0 bridgehead atoms. The van der Waals surface area contributed by atoms with Crippen LogP contribution in [0.25, 0.3) is 11.3 Å². The Balaban J connectivity index is 2.33. The summed E-state index contributed by atoms with van der Waals surface area (Å²) in [6.45, 7) is 3.88. The normalized spacial score (nSPS) is 10.3. The van der Waals surface area contributed by atoms with Crippen molar-refractivity contribution in [3.63, 3.8) is 0 Å². The van der Waals surface area contributed by atoms with Crippen molar-refractivity contribution in [2.45, 2.75) is 20.3 Å². The first-order valence-corrected chi connectivity index (χ1v) is 5.81. The van der Waals surface area contributed by atoms with Gasteiger partial charge in [-0.2, -0.15) is 0 Å². The van der Waals surface area contributed by atoms with Crippen molar-refractivity contribution in [1.82, 2.24) is 4.98 Å². The number of nitrogens with zero attached hydrogens (tertiary/aromatic N) is 1. The molecular weight excluding hydrogens is 226 g/mol. The largest absolute Gasteiger partial charge is 0.481 e. The monoisotopic (exact) mass is 241 g/mol. The van der Waals surface area contributed by atoms with Gasteiger partial charge in [0.2, 0.25) is 0 Å². The average Bonchev–Trinajstić information content (AvgIpc) is 2.32. The van der Waals surface area contributed by atoms with E-state index >= 15 is 0 Å². The van der Waals surface area contributed by atoms with Gasteiger partial charge < -0.3 is 5.11 Å². The summed E-state index contributed by atoms with van der Waals surface area (Å²) in [6.07, 6.45) is 0.0208. The molecule has 0 amide bonds. The van der Waals surface area contributed by atoms with Gasteiger partial charge >= 0.3 is 5.97 Å². The molecule has 0 saturated heterocycles. The summed E-state index contributed by atoms with van der Waals surface area (Å²) in [6, 6.07) is 11.8. The first-order chi connectivity index (χ1) is 8.56. The predicted octanol–water partition coefficient (Wildman–Crippen LogP) is 2.99. The standard InChI is InChI=1S/C15H15NO2/c1-10-3-5-12(6-4-10)14-8-7-13(9-15(17)18)11(2)16-14/h3-8H,9H2,1-2H3,(H,17,18). The van der Waals surface area contributed by atoms with Crippen molar-refractivity contribution in [3.05, 3.63) is 53.2 Å². The van der Waals surface area contributed by atoms with Gasteiger partial charge in [-0.15, -0.1) is 0 Å². The van der Waals surface area contributed by atoms with E-state index in [1.165, 1.54) is 5.56 Å². The van der Waals surface area contributed by atoms with Gasteiger partial charge in [0.1, 0.15) is 0 Å². The summed E-state index contributed by atoms with van der Waals surface area (Å²) in [5.41, 5.74) is 4.67. The molecule has 3 nitrogen and oxygen atoms in total. The lowest BCUT2D eigenvalue weighted by Gasteiger charge is -2.06. The molecule has 18 heavy (non-hydrogen) atoms. The highest BCUT2D eigenvalue weighted by Crippen LogP contribution is 2.19. The minimum Gasteiger partial charge on any atom is -0.481 e. The van der Waals surface area contributed by atoms with Crippen LogP contribution in [0.1, 0.15) is 16.8 Å². The Morgan fingerprint density at radius 1 is 1.11 bits per heavy atom. The molecule has 0 fully saturated rings. The second kappa shape index (κ2) is 5.00. The number of carboxylic acids is 1. The molecule has 0 aliphatic heterocycles. The molecule has 3 heteroatoms. The van der Waals surface area contributed by atoms with Crippen LogP contribution in [0.4, 0.5) is 0 Å². The molecule has 0 aliphatic carbocycles. The number of aromatic nitrogens is 1. The highest BCUT2D eigenvalue weighted by molar-refractivity contribution is 5.71. The summed E-state index contributed by atoms with van der Waals surface area (Å²) in [5, 5.41) is 8.78. The lowest BCUT2D eigenvalue weighted by atomic mass is 10.1. The number of benzene rings is 1. The maximum Gasteiger partial charge on any atom is 0.307 e. The molecule has 1 aromatic carbocycles. The molecule has 1 N–H and O–H groups in total. The van der Waals surface area contributed by atoms with E-state index in [4.69, 9.17) is 5.11 Å². The Morgan fingerprint density at radius 3 is 2.33 bits per heavy atom. The molecule has 0 spiro atoms. The third-order valence-electron chi connectivity index (χ3n) is 2.88. The van der Waals surface area contributed by atoms with E-state index in [9.17, 15) is 4.79 Å². The molecule has 0 radical (unpaired) electrons. The molecule has 0 saturated carbocycles. The zero-order chi connectivity index (χ0) is 13.1. The first kappa shape index (κ1) is 12.3.